The van der Waals surface area contributed by atoms with E-state index in [1.54, 1.807) is 31.0 Å². The summed E-state index contributed by atoms with van der Waals surface area (Å²) in [6.07, 6.45) is 0. The quantitative estimate of drug-likeness (QED) is 0.601. The molecule has 0 bridgehead atoms. The highest BCUT2D eigenvalue weighted by molar-refractivity contribution is 5.95. The molecule has 10 heteroatoms. The Morgan fingerprint density at radius 1 is 1.08 bits per heavy atom. The lowest BCUT2D eigenvalue weighted by molar-refractivity contribution is -0.139. The van der Waals surface area contributed by atoms with Gasteiger partial charge in [-0.15, -0.1) is 0 Å². The maximum Gasteiger partial charge on any atom is 0.338 e. The predicted molar refractivity (Wildman–Crippen MR) is 132 cm³/mol. The van der Waals surface area contributed by atoms with E-state index in [1.807, 2.05) is 11.8 Å². The third-order valence-electron chi connectivity index (χ3n) is 6.73. The fourth-order valence-corrected chi connectivity index (χ4v) is 4.79. The van der Waals surface area contributed by atoms with E-state index in [4.69, 9.17) is 4.74 Å². The van der Waals surface area contributed by atoms with E-state index in [1.165, 1.54) is 41.3 Å². The van der Waals surface area contributed by atoms with Gasteiger partial charge in [-0.3, -0.25) is 14.6 Å². The van der Waals surface area contributed by atoms with Gasteiger partial charge in [-0.25, -0.2) is 18.4 Å². The first-order valence-corrected chi connectivity index (χ1v) is 12.2. The van der Waals surface area contributed by atoms with Crippen LogP contribution in [0.5, 0.6) is 0 Å². The molecule has 4 rings (SSSR count). The third kappa shape index (κ3) is 5.48. The molecule has 2 aromatic carbocycles. The summed E-state index contributed by atoms with van der Waals surface area (Å²) in [5.41, 5.74) is 1.17. The largest absolute Gasteiger partial charge is 0.463 e. The van der Waals surface area contributed by atoms with Gasteiger partial charge in [0.05, 0.1) is 18.2 Å². The van der Waals surface area contributed by atoms with Crippen LogP contribution in [0.4, 0.5) is 13.6 Å². The molecule has 2 aliphatic heterocycles. The Labute approximate surface area is 214 Å². The van der Waals surface area contributed by atoms with Gasteiger partial charge in [0.1, 0.15) is 11.6 Å². The van der Waals surface area contributed by atoms with Crippen LogP contribution in [0, 0.1) is 11.6 Å². The first-order valence-electron chi connectivity index (χ1n) is 12.2. The average Bonchev–Trinajstić information content (AvgIpc) is 2.87. The highest BCUT2D eigenvalue weighted by Gasteiger charge is 2.39. The topological polar surface area (TPSA) is 82.2 Å². The van der Waals surface area contributed by atoms with Crippen LogP contribution < -0.4 is 5.32 Å². The Hall–Kier alpha value is -3.79. The van der Waals surface area contributed by atoms with Gasteiger partial charge >= 0.3 is 12.0 Å². The Morgan fingerprint density at radius 2 is 1.78 bits per heavy atom. The molecule has 37 heavy (non-hydrogen) atoms. The fraction of sp³-hybridized carbons (Fsp3) is 0.370. The minimum atomic E-state index is -1.00. The molecular formula is C27H30F2N4O4. The zero-order valence-electron chi connectivity index (χ0n) is 21.0. The summed E-state index contributed by atoms with van der Waals surface area (Å²) >= 11 is 0. The molecule has 8 nitrogen and oxygen atoms in total. The second-order valence-corrected chi connectivity index (χ2v) is 9.13. The van der Waals surface area contributed by atoms with Crippen LogP contribution in [0.25, 0.3) is 0 Å². The first-order chi connectivity index (χ1) is 17.7. The van der Waals surface area contributed by atoms with Crippen LogP contribution in [0.15, 0.2) is 59.8 Å². The second kappa shape index (κ2) is 11.1. The van der Waals surface area contributed by atoms with Crippen LogP contribution in [-0.4, -0.2) is 78.5 Å². The Kier molecular flexibility index (Phi) is 7.87. The SMILES string of the molecule is CCOC(=O)C1=C(CN2CCN(C(=O)c3ccc(F)cc3)[C@H](C)C2)N(C)C(=O)N[C@H]1c1ccccc1F. The molecule has 0 aromatic heterocycles. The van der Waals surface area contributed by atoms with Gasteiger partial charge in [0.25, 0.3) is 5.91 Å². The van der Waals surface area contributed by atoms with Crippen molar-refractivity contribution in [3.63, 3.8) is 0 Å². The summed E-state index contributed by atoms with van der Waals surface area (Å²) in [5.74, 6) is -1.77. The molecule has 1 fully saturated rings. The minimum absolute atomic E-state index is 0.123. The minimum Gasteiger partial charge on any atom is -0.463 e. The molecule has 0 saturated carbocycles. The molecule has 1 saturated heterocycles. The highest BCUT2D eigenvalue weighted by atomic mass is 19.1. The number of carbonyl (C=O) groups excluding carboxylic acids is 3. The van der Waals surface area contributed by atoms with Crippen molar-refractivity contribution in [2.75, 3.05) is 39.8 Å². The Morgan fingerprint density at radius 3 is 2.43 bits per heavy atom. The summed E-state index contributed by atoms with van der Waals surface area (Å²) in [4.78, 5) is 44.1. The third-order valence-corrected chi connectivity index (χ3v) is 6.73. The zero-order chi connectivity index (χ0) is 26.7. The van der Waals surface area contributed by atoms with Gasteiger partial charge in [-0.2, -0.15) is 0 Å². The number of ether oxygens (including phenoxy) is 1. The van der Waals surface area contributed by atoms with Gasteiger partial charge in [0.2, 0.25) is 0 Å². The molecule has 0 aliphatic carbocycles. The average molecular weight is 513 g/mol. The van der Waals surface area contributed by atoms with Crippen molar-refractivity contribution in [3.05, 3.63) is 82.6 Å². The Bertz CT molecular complexity index is 1220. The van der Waals surface area contributed by atoms with Crippen LogP contribution in [0.1, 0.15) is 35.8 Å². The number of nitrogens with zero attached hydrogens (tertiary/aromatic N) is 3. The summed E-state index contributed by atoms with van der Waals surface area (Å²) in [6, 6.07) is 9.79. The smallest absolute Gasteiger partial charge is 0.338 e. The number of urea groups is 1. The van der Waals surface area contributed by atoms with Crippen molar-refractivity contribution < 1.29 is 27.9 Å². The fourth-order valence-electron chi connectivity index (χ4n) is 4.79. The van der Waals surface area contributed by atoms with Gasteiger partial charge in [0.15, 0.2) is 0 Å². The second-order valence-electron chi connectivity index (χ2n) is 9.13. The lowest BCUT2D eigenvalue weighted by Crippen LogP contribution is -2.56. The number of likely N-dealkylation sites (N-methyl/N-ethyl adjacent to an activating group) is 1. The molecular weight excluding hydrogens is 482 g/mol. The van der Waals surface area contributed by atoms with Gasteiger partial charge in [0, 0.05) is 56.1 Å². The van der Waals surface area contributed by atoms with Gasteiger partial charge < -0.3 is 15.0 Å². The number of piperazine rings is 1. The number of esters is 1. The molecule has 3 amide bonds. The number of hydrogen-bond acceptors (Lipinski definition) is 5. The van der Waals surface area contributed by atoms with Crippen molar-refractivity contribution >= 4 is 17.9 Å². The Balaban J connectivity index is 1.60. The summed E-state index contributed by atoms with van der Waals surface area (Å²) < 4.78 is 33.3. The van der Waals surface area contributed by atoms with Gasteiger partial charge in [-0.05, 0) is 44.2 Å². The lowest BCUT2D eigenvalue weighted by Gasteiger charge is -2.42. The van der Waals surface area contributed by atoms with Gasteiger partial charge in [-0.1, -0.05) is 18.2 Å². The molecule has 0 unspecified atom stereocenters. The summed E-state index contributed by atoms with van der Waals surface area (Å²) in [6.45, 7) is 5.31. The monoisotopic (exact) mass is 512 g/mol. The van der Waals surface area contributed by atoms with E-state index in [0.29, 0.717) is 30.9 Å². The number of hydrogen-bond donors (Lipinski definition) is 1. The first kappa shape index (κ1) is 26.3. The molecule has 196 valence electrons. The lowest BCUT2D eigenvalue weighted by atomic mass is 9.93. The van der Waals surface area contributed by atoms with Crippen molar-refractivity contribution in [1.29, 1.82) is 0 Å². The molecule has 0 radical (unpaired) electrons. The molecule has 2 aliphatic rings. The van der Waals surface area contributed by atoms with Crippen molar-refractivity contribution in [1.82, 2.24) is 20.0 Å². The number of amides is 3. The predicted octanol–water partition coefficient (Wildman–Crippen LogP) is 3.32. The van der Waals surface area contributed by atoms with Crippen molar-refractivity contribution in [3.8, 4) is 0 Å². The van der Waals surface area contributed by atoms with E-state index in [2.05, 4.69) is 5.32 Å². The van der Waals surface area contributed by atoms with E-state index < -0.39 is 29.7 Å². The summed E-state index contributed by atoms with van der Waals surface area (Å²) in [7, 11) is 1.55. The number of nitrogens with one attached hydrogen (secondary N) is 1. The number of halogens is 2. The van der Waals surface area contributed by atoms with Crippen LogP contribution in [0.3, 0.4) is 0 Å². The number of carbonyl (C=O) groups is 3. The van der Waals surface area contributed by atoms with Crippen molar-refractivity contribution in [2.24, 2.45) is 0 Å². The maximum absolute atomic E-state index is 14.7. The molecule has 0 spiro atoms. The van der Waals surface area contributed by atoms with Crippen molar-refractivity contribution in [2.45, 2.75) is 25.9 Å². The molecule has 1 N–H and O–H groups in total. The van der Waals surface area contributed by atoms with Crippen LogP contribution >= 0.6 is 0 Å². The van der Waals surface area contributed by atoms with E-state index in [-0.39, 0.29) is 36.2 Å². The van der Waals surface area contributed by atoms with E-state index in [9.17, 15) is 23.2 Å². The number of benzene rings is 2. The van der Waals surface area contributed by atoms with E-state index in [0.717, 1.165) is 0 Å². The van der Waals surface area contributed by atoms with E-state index >= 15 is 0 Å². The molecule has 2 atom stereocenters. The maximum atomic E-state index is 14.7. The zero-order valence-corrected chi connectivity index (χ0v) is 21.0. The summed E-state index contributed by atoms with van der Waals surface area (Å²) in [5, 5.41) is 2.72. The molecule has 2 aromatic rings. The standard InChI is InChI=1S/C27H30F2N4O4/c1-4-37-26(35)23-22(31(3)27(36)30-24(23)20-7-5-6-8-21(20)29)16-32-13-14-33(17(2)15-32)25(34)18-9-11-19(28)12-10-18/h5-12,17,24H,4,13-16H2,1-3H3,(H,30,36)/t17-,24+/m1/s1. The van der Waals surface area contributed by atoms with Crippen LogP contribution in [-0.2, 0) is 9.53 Å². The highest BCUT2D eigenvalue weighted by Crippen LogP contribution is 2.33. The number of rotatable bonds is 6. The molecule has 2 heterocycles. The normalized spacial score (nSPS) is 20.6. The van der Waals surface area contributed by atoms with Crippen LogP contribution in [0.2, 0.25) is 0 Å².